The van der Waals surface area contributed by atoms with Gasteiger partial charge in [0.1, 0.15) is 4.47 Å². The van der Waals surface area contributed by atoms with Crippen LogP contribution in [0.3, 0.4) is 0 Å². The lowest BCUT2D eigenvalue weighted by molar-refractivity contribution is -0.113. The van der Waals surface area contributed by atoms with Crippen LogP contribution in [-0.2, 0) is 7.05 Å². The van der Waals surface area contributed by atoms with Gasteiger partial charge in [0.25, 0.3) is 5.56 Å². The lowest BCUT2D eigenvalue weighted by Gasteiger charge is -2.61. The minimum absolute atomic E-state index is 0.0268. The normalized spacial score (nSPS) is 22.1. The zero-order chi connectivity index (χ0) is 14.4. The molecule has 20 heavy (non-hydrogen) atoms. The number of nitrogens with one attached hydrogen (secondary N) is 1. The molecule has 1 aromatic heterocycles. The van der Waals surface area contributed by atoms with Crippen molar-refractivity contribution in [3.8, 4) is 0 Å². The highest BCUT2D eigenvalue weighted by atomic mass is 79.9. The van der Waals surface area contributed by atoms with Gasteiger partial charge >= 0.3 is 0 Å². The van der Waals surface area contributed by atoms with Crippen LogP contribution in [0.2, 0.25) is 0 Å². The predicted octanol–water partition coefficient (Wildman–Crippen LogP) is 1.90. The number of hydrogen-bond donors (Lipinski definition) is 2. The Labute approximate surface area is 126 Å². The van der Waals surface area contributed by atoms with Crippen molar-refractivity contribution in [3.63, 3.8) is 0 Å². The van der Waals surface area contributed by atoms with Crippen molar-refractivity contribution in [2.24, 2.45) is 17.9 Å². The van der Waals surface area contributed by atoms with Gasteiger partial charge in [0.15, 0.2) is 0 Å². The van der Waals surface area contributed by atoms with Crippen LogP contribution in [0.15, 0.2) is 15.5 Å². The van der Waals surface area contributed by atoms with E-state index >= 15 is 0 Å². The van der Waals surface area contributed by atoms with Crippen molar-refractivity contribution in [1.29, 1.82) is 0 Å². The van der Waals surface area contributed by atoms with Gasteiger partial charge in [0.05, 0.1) is 18.5 Å². The Kier molecular flexibility index (Phi) is 3.41. The van der Waals surface area contributed by atoms with Crippen molar-refractivity contribution in [2.45, 2.75) is 32.1 Å². The summed E-state index contributed by atoms with van der Waals surface area (Å²) in [5, 5.41) is 17.0. The number of rotatable bonds is 4. The van der Waals surface area contributed by atoms with Gasteiger partial charge in [0.2, 0.25) is 0 Å². The average molecular weight is 342 g/mol. The summed E-state index contributed by atoms with van der Waals surface area (Å²) >= 11 is 3.31. The summed E-state index contributed by atoms with van der Waals surface area (Å²) in [6, 6.07) is 0. The van der Waals surface area contributed by atoms with Crippen LogP contribution in [0.5, 0.6) is 0 Å². The van der Waals surface area contributed by atoms with Crippen LogP contribution < -0.4 is 10.9 Å². The summed E-state index contributed by atoms with van der Waals surface area (Å²) in [4.78, 5) is 11.8. The highest BCUT2D eigenvalue weighted by molar-refractivity contribution is 9.10. The summed E-state index contributed by atoms with van der Waals surface area (Å²) in [5.74, 6) is 0. The molecule has 6 heteroatoms. The molecule has 2 N–H and O–H groups in total. The highest BCUT2D eigenvalue weighted by Gasteiger charge is 2.56. The van der Waals surface area contributed by atoms with E-state index in [9.17, 15) is 9.90 Å². The van der Waals surface area contributed by atoms with Gasteiger partial charge in [-0.3, -0.25) is 4.79 Å². The molecule has 0 saturated heterocycles. The molecule has 5 nitrogen and oxygen atoms in total. The third kappa shape index (κ3) is 2.19. The highest BCUT2D eigenvalue weighted by Crippen LogP contribution is 2.64. The summed E-state index contributed by atoms with van der Waals surface area (Å²) < 4.78 is 1.80. The maximum atomic E-state index is 11.8. The van der Waals surface area contributed by atoms with Crippen molar-refractivity contribution in [1.82, 2.24) is 9.78 Å². The maximum Gasteiger partial charge on any atom is 0.282 e. The Bertz CT molecular complexity index is 572. The van der Waals surface area contributed by atoms with Gasteiger partial charge in [-0.15, -0.1) is 0 Å². The van der Waals surface area contributed by atoms with Gasteiger partial charge in [-0.2, -0.15) is 5.10 Å². The second kappa shape index (κ2) is 4.84. The van der Waals surface area contributed by atoms with Crippen molar-refractivity contribution in [2.75, 3.05) is 18.5 Å². The minimum atomic E-state index is -0.155. The van der Waals surface area contributed by atoms with Crippen molar-refractivity contribution < 1.29 is 5.11 Å². The molecule has 2 aliphatic carbocycles. The van der Waals surface area contributed by atoms with E-state index in [4.69, 9.17) is 0 Å². The average Bonchev–Trinajstić information content (AvgIpc) is 2.35. The van der Waals surface area contributed by atoms with E-state index in [-0.39, 0.29) is 17.6 Å². The zero-order valence-electron chi connectivity index (χ0n) is 11.7. The zero-order valence-corrected chi connectivity index (χ0v) is 13.2. The van der Waals surface area contributed by atoms with Crippen LogP contribution in [0.1, 0.15) is 32.1 Å². The first kappa shape index (κ1) is 14.1. The first-order valence-electron chi connectivity index (χ1n) is 7.06. The number of anilines is 1. The summed E-state index contributed by atoms with van der Waals surface area (Å²) in [7, 11) is 1.62. The molecule has 0 atom stereocenters. The van der Waals surface area contributed by atoms with Crippen LogP contribution >= 0.6 is 15.9 Å². The first-order chi connectivity index (χ1) is 9.49. The van der Waals surface area contributed by atoms with Gasteiger partial charge in [0, 0.05) is 19.0 Å². The molecule has 3 rings (SSSR count). The third-order valence-electron chi connectivity index (χ3n) is 4.98. The van der Waals surface area contributed by atoms with Gasteiger partial charge < -0.3 is 10.4 Å². The van der Waals surface area contributed by atoms with Crippen molar-refractivity contribution >= 4 is 21.6 Å². The van der Waals surface area contributed by atoms with Gasteiger partial charge in [-0.1, -0.05) is 6.42 Å². The smallest absolute Gasteiger partial charge is 0.282 e. The minimum Gasteiger partial charge on any atom is -0.396 e. The van der Waals surface area contributed by atoms with E-state index < -0.39 is 0 Å². The fraction of sp³-hybridized carbons (Fsp3) is 0.714. The number of hydrogen-bond acceptors (Lipinski definition) is 4. The van der Waals surface area contributed by atoms with Crippen LogP contribution in [0, 0.1) is 10.8 Å². The van der Waals surface area contributed by atoms with E-state index in [2.05, 4.69) is 26.3 Å². The molecule has 0 aliphatic heterocycles. The Morgan fingerprint density at radius 1 is 1.50 bits per heavy atom. The molecule has 1 heterocycles. The maximum absolute atomic E-state index is 11.8. The Balaban J connectivity index is 1.67. The Morgan fingerprint density at radius 3 is 2.75 bits per heavy atom. The molecule has 2 saturated carbocycles. The van der Waals surface area contributed by atoms with E-state index in [0.717, 1.165) is 12.8 Å². The fourth-order valence-corrected chi connectivity index (χ4v) is 4.28. The Hall–Kier alpha value is -0.880. The number of halogens is 1. The summed E-state index contributed by atoms with van der Waals surface area (Å²) in [5.41, 5.74) is 1.04. The number of aliphatic hydroxyl groups excluding tert-OH is 1. The van der Waals surface area contributed by atoms with Crippen molar-refractivity contribution in [3.05, 3.63) is 21.0 Å². The third-order valence-corrected chi connectivity index (χ3v) is 5.75. The van der Waals surface area contributed by atoms with Crippen LogP contribution in [-0.4, -0.2) is 28.0 Å². The molecule has 2 fully saturated rings. The molecular formula is C14H20BrN3O2. The lowest BCUT2D eigenvalue weighted by atomic mass is 9.45. The number of aliphatic hydroxyl groups is 1. The predicted molar refractivity (Wildman–Crippen MR) is 80.7 cm³/mol. The largest absolute Gasteiger partial charge is 0.396 e. The molecule has 0 bridgehead atoms. The van der Waals surface area contributed by atoms with E-state index in [1.807, 2.05) is 0 Å². The molecule has 0 radical (unpaired) electrons. The molecule has 1 aromatic rings. The SMILES string of the molecule is Cn1ncc(NCC2(CO)CC3(CCC3)C2)c(Br)c1=O. The second-order valence-corrected chi connectivity index (χ2v) is 7.31. The fourth-order valence-electron chi connectivity index (χ4n) is 3.78. The second-order valence-electron chi connectivity index (χ2n) is 6.52. The summed E-state index contributed by atoms with van der Waals surface area (Å²) in [6.07, 6.45) is 7.80. The summed E-state index contributed by atoms with van der Waals surface area (Å²) in [6.45, 7) is 0.899. The number of aromatic nitrogens is 2. The molecule has 0 unspecified atom stereocenters. The van der Waals surface area contributed by atoms with E-state index in [0.29, 0.717) is 22.1 Å². The monoisotopic (exact) mass is 341 g/mol. The topological polar surface area (TPSA) is 67.2 Å². The van der Waals surface area contributed by atoms with Crippen LogP contribution in [0.4, 0.5) is 5.69 Å². The van der Waals surface area contributed by atoms with E-state index in [1.54, 1.807) is 13.2 Å². The van der Waals surface area contributed by atoms with Crippen LogP contribution in [0.25, 0.3) is 0 Å². The van der Waals surface area contributed by atoms with E-state index in [1.165, 1.54) is 23.9 Å². The molecule has 0 aromatic carbocycles. The van der Waals surface area contributed by atoms with Gasteiger partial charge in [-0.05, 0) is 47.0 Å². The quantitative estimate of drug-likeness (QED) is 0.877. The van der Waals surface area contributed by atoms with Gasteiger partial charge in [-0.25, -0.2) is 4.68 Å². The number of aryl methyl sites for hydroxylation is 1. The molecular weight excluding hydrogens is 322 g/mol. The Morgan fingerprint density at radius 2 is 2.20 bits per heavy atom. The molecule has 0 amide bonds. The molecule has 1 spiro atoms. The standard InChI is InChI=1S/C14H20BrN3O2/c1-18-12(20)11(15)10(5-17-18)16-8-14(9-19)6-13(7-14)3-2-4-13/h5,16,19H,2-4,6-9H2,1H3. The number of nitrogens with zero attached hydrogens (tertiary/aromatic N) is 2. The molecule has 2 aliphatic rings. The first-order valence-corrected chi connectivity index (χ1v) is 7.85. The lowest BCUT2D eigenvalue weighted by Crippen LogP contribution is -2.55. The molecule has 110 valence electrons.